The highest BCUT2D eigenvalue weighted by atomic mass is 14.4. The second-order valence-electron chi connectivity index (χ2n) is 8.51. The summed E-state index contributed by atoms with van der Waals surface area (Å²) in [5.74, 6) is 0. The Kier molecular flexibility index (Phi) is 3.58. The van der Waals surface area contributed by atoms with Crippen molar-refractivity contribution in [3.05, 3.63) is 80.9 Å². The van der Waals surface area contributed by atoms with E-state index in [1.807, 2.05) is 0 Å². The van der Waals surface area contributed by atoms with Crippen LogP contribution >= 0.6 is 0 Å². The summed E-state index contributed by atoms with van der Waals surface area (Å²) in [4.78, 5) is 0. The van der Waals surface area contributed by atoms with Crippen molar-refractivity contribution >= 4 is 11.1 Å². The van der Waals surface area contributed by atoms with E-state index in [9.17, 15) is 0 Å². The average Bonchev–Trinajstić information content (AvgIpc) is 3.05. The molecule has 0 aliphatic heterocycles. The molecule has 0 heterocycles. The molecule has 2 aliphatic carbocycles. The fraction of sp³-hybridized carbons (Fsp3) is 0.360. The highest BCUT2D eigenvalue weighted by Crippen LogP contribution is 2.55. The zero-order valence-electron chi connectivity index (χ0n) is 16.4. The van der Waals surface area contributed by atoms with Crippen LogP contribution in [0.2, 0.25) is 0 Å². The molecular weight excluding hydrogens is 300 g/mol. The number of benzene rings is 2. The fourth-order valence-electron chi connectivity index (χ4n) is 5.46. The standard InChI is InChI=1S/C25H28/c1-15-9-7-11-19-13-17(3)23(21(15)19)25(5,6)24-18(4)14-20-12-8-10-16(2)22(20)24/h7-12H,13-14H2,1-6H3. The molecule has 128 valence electrons. The van der Waals surface area contributed by atoms with Crippen LogP contribution in [0.3, 0.4) is 0 Å². The van der Waals surface area contributed by atoms with E-state index in [0.29, 0.717) is 0 Å². The van der Waals surface area contributed by atoms with Crippen LogP contribution in [-0.4, -0.2) is 0 Å². The van der Waals surface area contributed by atoms with Crippen molar-refractivity contribution in [2.75, 3.05) is 0 Å². The van der Waals surface area contributed by atoms with E-state index in [1.54, 1.807) is 11.1 Å². The molecule has 0 atom stereocenters. The molecule has 0 spiro atoms. The van der Waals surface area contributed by atoms with E-state index in [4.69, 9.17) is 0 Å². The van der Waals surface area contributed by atoms with Crippen LogP contribution in [0.15, 0.2) is 47.5 Å². The second-order valence-corrected chi connectivity index (χ2v) is 8.51. The van der Waals surface area contributed by atoms with Crippen molar-refractivity contribution in [2.24, 2.45) is 5.41 Å². The molecule has 0 fully saturated rings. The minimum absolute atomic E-state index is 0.0306. The van der Waals surface area contributed by atoms with Gasteiger partial charge in [-0.1, -0.05) is 61.4 Å². The molecule has 2 aromatic rings. The third-order valence-electron chi connectivity index (χ3n) is 6.23. The van der Waals surface area contributed by atoms with Crippen LogP contribution in [0.5, 0.6) is 0 Å². The number of rotatable bonds is 2. The molecule has 0 aromatic heterocycles. The molecule has 0 heteroatoms. The van der Waals surface area contributed by atoms with Gasteiger partial charge in [0.1, 0.15) is 0 Å². The summed E-state index contributed by atoms with van der Waals surface area (Å²) in [6, 6.07) is 13.6. The van der Waals surface area contributed by atoms with Crippen molar-refractivity contribution in [3.63, 3.8) is 0 Å². The molecular formula is C25H28. The van der Waals surface area contributed by atoms with Gasteiger partial charge in [0, 0.05) is 5.41 Å². The maximum Gasteiger partial charge on any atom is 0.0157 e. The van der Waals surface area contributed by atoms with Crippen molar-refractivity contribution < 1.29 is 0 Å². The van der Waals surface area contributed by atoms with Gasteiger partial charge < -0.3 is 0 Å². The van der Waals surface area contributed by atoms with Gasteiger partial charge in [0.05, 0.1) is 0 Å². The smallest absolute Gasteiger partial charge is 0.0157 e. The minimum Gasteiger partial charge on any atom is -0.0642 e. The van der Waals surface area contributed by atoms with Crippen LogP contribution in [0.4, 0.5) is 0 Å². The lowest BCUT2D eigenvalue weighted by Crippen LogP contribution is -2.18. The third-order valence-corrected chi connectivity index (χ3v) is 6.23. The average molecular weight is 328 g/mol. The Balaban J connectivity index is 1.94. The van der Waals surface area contributed by atoms with Gasteiger partial charge in [-0.15, -0.1) is 0 Å². The minimum atomic E-state index is 0.0306. The first-order valence-electron chi connectivity index (χ1n) is 9.40. The number of allylic oxidation sites excluding steroid dienone is 4. The highest BCUT2D eigenvalue weighted by Gasteiger charge is 2.39. The summed E-state index contributed by atoms with van der Waals surface area (Å²) in [6.07, 6.45) is 2.20. The van der Waals surface area contributed by atoms with E-state index in [1.165, 1.54) is 44.5 Å². The summed E-state index contributed by atoms with van der Waals surface area (Å²) in [6.45, 7) is 14.1. The van der Waals surface area contributed by atoms with Gasteiger partial charge >= 0.3 is 0 Å². The lowest BCUT2D eigenvalue weighted by Gasteiger charge is -2.33. The summed E-state index contributed by atoms with van der Waals surface area (Å²) < 4.78 is 0. The molecule has 0 bridgehead atoms. The fourth-order valence-corrected chi connectivity index (χ4v) is 5.46. The van der Waals surface area contributed by atoms with Crippen LogP contribution < -0.4 is 0 Å². The zero-order valence-corrected chi connectivity index (χ0v) is 16.4. The summed E-state index contributed by atoms with van der Waals surface area (Å²) >= 11 is 0. The Morgan fingerprint density at radius 1 is 0.640 bits per heavy atom. The summed E-state index contributed by atoms with van der Waals surface area (Å²) in [7, 11) is 0. The normalized spacial score (nSPS) is 16.6. The van der Waals surface area contributed by atoms with Crippen LogP contribution in [0.1, 0.15) is 61.1 Å². The maximum absolute atomic E-state index is 2.44. The van der Waals surface area contributed by atoms with Gasteiger partial charge in [0.15, 0.2) is 0 Å². The Labute approximate surface area is 152 Å². The molecule has 2 aromatic carbocycles. The highest BCUT2D eigenvalue weighted by molar-refractivity contribution is 5.94. The summed E-state index contributed by atoms with van der Waals surface area (Å²) in [5, 5.41) is 0. The quantitative estimate of drug-likeness (QED) is 0.576. The lowest BCUT2D eigenvalue weighted by molar-refractivity contribution is 0.667. The van der Waals surface area contributed by atoms with Crippen molar-refractivity contribution in [1.82, 2.24) is 0 Å². The van der Waals surface area contributed by atoms with E-state index in [-0.39, 0.29) is 5.41 Å². The number of hydrogen-bond acceptors (Lipinski definition) is 0. The lowest BCUT2D eigenvalue weighted by atomic mass is 9.70. The van der Waals surface area contributed by atoms with Gasteiger partial charge in [-0.3, -0.25) is 0 Å². The first kappa shape index (κ1) is 16.4. The Bertz CT molecular complexity index is 870. The van der Waals surface area contributed by atoms with Crippen LogP contribution in [0.25, 0.3) is 11.1 Å². The molecule has 0 nitrogen and oxygen atoms in total. The predicted octanol–water partition coefficient (Wildman–Crippen LogP) is 6.69. The largest absolute Gasteiger partial charge is 0.0642 e. The molecule has 25 heavy (non-hydrogen) atoms. The Morgan fingerprint density at radius 3 is 1.44 bits per heavy atom. The van der Waals surface area contributed by atoms with Crippen LogP contribution in [-0.2, 0) is 12.8 Å². The van der Waals surface area contributed by atoms with E-state index < -0.39 is 0 Å². The number of hydrogen-bond donors (Lipinski definition) is 0. The van der Waals surface area contributed by atoms with Crippen molar-refractivity contribution in [3.8, 4) is 0 Å². The second kappa shape index (κ2) is 5.46. The maximum atomic E-state index is 2.44. The first-order valence-corrected chi connectivity index (χ1v) is 9.40. The molecule has 0 amide bonds. The van der Waals surface area contributed by atoms with Gasteiger partial charge in [-0.25, -0.2) is 0 Å². The first-order chi connectivity index (χ1) is 11.8. The Morgan fingerprint density at radius 2 is 1.04 bits per heavy atom. The van der Waals surface area contributed by atoms with Gasteiger partial charge in [-0.2, -0.15) is 0 Å². The molecule has 0 N–H and O–H groups in total. The van der Waals surface area contributed by atoms with E-state index in [0.717, 1.165) is 12.8 Å². The molecule has 2 aliphatic rings. The van der Waals surface area contributed by atoms with Crippen molar-refractivity contribution in [1.29, 1.82) is 0 Å². The van der Waals surface area contributed by atoms with Gasteiger partial charge in [-0.05, 0) is 85.1 Å². The Hall–Kier alpha value is -2.08. The number of fused-ring (bicyclic) bond motifs is 2. The SMILES string of the molecule is CC1=C(C(C)(C)C2=C(C)Cc3cccc(C)c32)c2c(C)cccc2C1. The predicted molar refractivity (Wildman–Crippen MR) is 109 cm³/mol. The van der Waals surface area contributed by atoms with Gasteiger partial charge in [0.2, 0.25) is 0 Å². The molecule has 4 rings (SSSR count). The topological polar surface area (TPSA) is 0 Å². The van der Waals surface area contributed by atoms with E-state index >= 15 is 0 Å². The van der Waals surface area contributed by atoms with Crippen LogP contribution in [0, 0.1) is 19.3 Å². The molecule has 0 saturated carbocycles. The molecule has 0 unspecified atom stereocenters. The zero-order chi connectivity index (χ0) is 17.9. The number of aryl methyl sites for hydroxylation is 2. The third kappa shape index (κ3) is 2.27. The molecule has 0 radical (unpaired) electrons. The van der Waals surface area contributed by atoms with Crippen molar-refractivity contribution in [2.45, 2.75) is 54.4 Å². The van der Waals surface area contributed by atoms with Gasteiger partial charge in [0.25, 0.3) is 0 Å². The monoisotopic (exact) mass is 328 g/mol. The van der Waals surface area contributed by atoms with E-state index in [2.05, 4.69) is 77.9 Å². The molecule has 0 saturated heterocycles. The summed E-state index contributed by atoms with van der Waals surface area (Å²) in [5.41, 5.74) is 15.1.